The van der Waals surface area contributed by atoms with Crippen molar-refractivity contribution in [3.8, 4) is 0 Å². The summed E-state index contributed by atoms with van der Waals surface area (Å²) in [7, 11) is 0. The minimum absolute atomic E-state index is 0.0530. The van der Waals surface area contributed by atoms with Crippen LogP contribution < -0.4 is 5.73 Å². The van der Waals surface area contributed by atoms with Crippen LogP contribution in [0.4, 0.5) is 13.2 Å². The molecule has 2 nitrogen and oxygen atoms in total. The molecule has 1 aliphatic heterocycles. The van der Waals surface area contributed by atoms with E-state index >= 15 is 0 Å². The lowest BCUT2D eigenvalue weighted by Crippen LogP contribution is -2.36. The van der Waals surface area contributed by atoms with Crippen LogP contribution in [0.25, 0.3) is 0 Å². The molecule has 0 aromatic heterocycles. The van der Waals surface area contributed by atoms with Gasteiger partial charge in [-0.2, -0.15) is 13.2 Å². The first-order valence-corrected chi connectivity index (χ1v) is 6.77. The van der Waals surface area contributed by atoms with E-state index in [0.717, 1.165) is 12.0 Å². The van der Waals surface area contributed by atoms with E-state index in [1.165, 1.54) is 6.08 Å². The molecule has 1 aliphatic rings. The molecule has 110 valence electrons. The maximum Gasteiger partial charge on any atom is 0.412 e. The van der Waals surface area contributed by atoms with E-state index in [9.17, 15) is 13.2 Å². The summed E-state index contributed by atoms with van der Waals surface area (Å²) >= 11 is 0. The fourth-order valence-corrected chi connectivity index (χ4v) is 2.62. The fourth-order valence-electron chi connectivity index (χ4n) is 2.62. The van der Waals surface area contributed by atoms with Crippen LogP contribution in [0.15, 0.2) is 42.0 Å². The molecule has 0 fully saturated rings. The highest BCUT2D eigenvalue weighted by Crippen LogP contribution is 2.33. The highest BCUT2D eigenvalue weighted by Gasteiger charge is 2.35. The van der Waals surface area contributed by atoms with E-state index in [0.29, 0.717) is 19.6 Å². The highest BCUT2D eigenvalue weighted by molar-refractivity contribution is 5.21. The first-order valence-electron chi connectivity index (χ1n) is 6.77. The van der Waals surface area contributed by atoms with Crippen molar-refractivity contribution in [1.29, 1.82) is 0 Å². The molecule has 0 saturated heterocycles. The maximum atomic E-state index is 12.6. The predicted molar refractivity (Wildman–Crippen MR) is 73.2 cm³/mol. The molecular formula is C15H19F3N2. The molecule has 20 heavy (non-hydrogen) atoms. The summed E-state index contributed by atoms with van der Waals surface area (Å²) in [4.78, 5) is 2.07. The zero-order chi connectivity index (χ0) is 14.6. The van der Waals surface area contributed by atoms with Gasteiger partial charge in [0.2, 0.25) is 0 Å². The topological polar surface area (TPSA) is 29.3 Å². The number of nitrogens with two attached hydrogens (primary N) is 1. The van der Waals surface area contributed by atoms with Crippen LogP contribution in [-0.2, 0) is 0 Å². The zero-order valence-corrected chi connectivity index (χ0v) is 11.2. The van der Waals surface area contributed by atoms with Crippen LogP contribution in [0, 0.1) is 0 Å². The lowest BCUT2D eigenvalue weighted by molar-refractivity contribution is -0.0964. The van der Waals surface area contributed by atoms with E-state index in [1.807, 2.05) is 30.3 Å². The van der Waals surface area contributed by atoms with Crippen LogP contribution in [0.1, 0.15) is 24.4 Å². The van der Waals surface area contributed by atoms with Gasteiger partial charge in [0.1, 0.15) is 0 Å². The van der Waals surface area contributed by atoms with Gasteiger partial charge in [-0.3, -0.25) is 4.90 Å². The fraction of sp³-hybridized carbons (Fsp3) is 0.467. The molecule has 0 bridgehead atoms. The van der Waals surface area contributed by atoms with Crippen molar-refractivity contribution in [2.45, 2.75) is 25.1 Å². The van der Waals surface area contributed by atoms with Gasteiger partial charge in [0, 0.05) is 24.7 Å². The van der Waals surface area contributed by atoms with Crippen LogP contribution >= 0.6 is 0 Å². The predicted octanol–water partition coefficient (Wildman–Crippen LogP) is 3.27. The van der Waals surface area contributed by atoms with Gasteiger partial charge in [-0.25, -0.2) is 0 Å². The molecule has 2 rings (SSSR count). The SMILES string of the molecule is NCCC(c1ccccc1)N1CC=C(C(F)(F)F)CC1. The Hall–Kier alpha value is -1.33. The number of hydrogen-bond donors (Lipinski definition) is 1. The smallest absolute Gasteiger partial charge is 0.330 e. The molecule has 1 unspecified atom stereocenters. The van der Waals surface area contributed by atoms with Crippen LogP contribution in [0.3, 0.4) is 0 Å². The molecule has 0 saturated carbocycles. The molecular weight excluding hydrogens is 265 g/mol. The van der Waals surface area contributed by atoms with Crippen molar-refractivity contribution in [3.05, 3.63) is 47.5 Å². The second-order valence-electron chi connectivity index (χ2n) is 4.98. The van der Waals surface area contributed by atoms with E-state index in [-0.39, 0.29) is 12.5 Å². The maximum absolute atomic E-state index is 12.6. The van der Waals surface area contributed by atoms with Crippen molar-refractivity contribution in [1.82, 2.24) is 4.90 Å². The van der Waals surface area contributed by atoms with Crippen molar-refractivity contribution < 1.29 is 13.2 Å². The lowest BCUT2D eigenvalue weighted by atomic mass is 9.98. The Balaban J connectivity index is 2.12. The highest BCUT2D eigenvalue weighted by atomic mass is 19.4. The molecule has 2 N–H and O–H groups in total. The van der Waals surface area contributed by atoms with Gasteiger partial charge in [-0.05, 0) is 24.9 Å². The minimum atomic E-state index is -4.19. The van der Waals surface area contributed by atoms with Gasteiger partial charge in [0.15, 0.2) is 0 Å². The summed E-state index contributed by atoms with van der Waals surface area (Å²) in [6.07, 6.45) is -2.09. The van der Waals surface area contributed by atoms with Gasteiger partial charge < -0.3 is 5.73 Å². The summed E-state index contributed by atoms with van der Waals surface area (Å²) in [6, 6.07) is 9.92. The average molecular weight is 284 g/mol. The van der Waals surface area contributed by atoms with Crippen molar-refractivity contribution in [3.63, 3.8) is 0 Å². The Labute approximate surface area is 117 Å². The Morgan fingerprint density at radius 2 is 1.90 bits per heavy atom. The Bertz CT molecular complexity index is 454. The molecule has 0 spiro atoms. The summed E-state index contributed by atoms with van der Waals surface area (Å²) in [5, 5.41) is 0. The number of nitrogens with zero attached hydrogens (tertiary/aromatic N) is 1. The molecule has 0 aliphatic carbocycles. The van der Waals surface area contributed by atoms with Crippen molar-refractivity contribution in [2.24, 2.45) is 5.73 Å². The third kappa shape index (κ3) is 3.61. The summed E-state index contributed by atoms with van der Waals surface area (Å²) < 4.78 is 37.9. The summed E-state index contributed by atoms with van der Waals surface area (Å²) in [5.74, 6) is 0. The van der Waals surface area contributed by atoms with Crippen LogP contribution in [0.2, 0.25) is 0 Å². The molecule has 5 heteroatoms. The lowest BCUT2D eigenvalue weighted by Gasteiger charge is -2.34. The van der Waals surface area contributed by atoms with Gasteiger partial charge >= 0.3 is 6.18 Å². The number of halogens is 3. The third-order valence-electron chi connectivity index (χ3n) is 3.67. The van der Waals surface area contributed by atoms with E-state index in [4.69, 9.17) is 5.73 Å². The van der Waals surface area contributed by atoms with Gasteiger partial charge in [0.25, 0.3) is 0 Å². The van der Waals surface area contributed by atoms with Gasteiger partial charge in [0.05, 0.1) is 0 Å². The molecule has 0 amide bonds. The zero-order valence-electron chi connectivity index (χ0n) is 11.2. The van der Waals surface area contributed by atoms with Crippen LogP contribution in [-0.4, -0.2) is 30.7 Å². The van der Waals surface area contributed by atoms with E-state index in [1.54, 1.807) is 0 Å². The Kier molecular flexibility index (Phi) is 4.83. The molecule has 1 atom stereocenters. The van der Waals surface area contributed by atoms with Gasteiger partial charge in [-0.1, -0.05) is 36.4 Å². The van der Waals surface area contributed by atoms with Gasteiger partial charge in [-0.15, -0.1) is 0 Å². The Morgan fingerprint density at radius 1 is 1.20 bits per heavy atom. The van der Waals surface area contributed by atoms with E-state index < -0.39 is 11.7 Å². The largest absolute Gasteiger partial charge is 0.412 e. The second-order valence-corrected chi connectivity index (χ2v) is 4.98. The number of rotatable bonds is 4. The first kappa shape index (κ1) is 15.1. The summed E-state index contributed by atoms with van der Waals surface area (Å²) in [6.45, 7) is 1.27. The first-order chi connectivity index (χ1) is 9.52. The van der Waals surface area contributed by atoms with Crippen molar-refractivity contribution in [2.75, 3.05) is 19.6 Å². The molecule has 1 aromatic rings. The third-order valence-corrected chi connectivity index (χ3v) is 3.67. The molecule has 0 radical (unpaired) electrons. The van der Waals surface area contributed by atoms with E-state index in [2.05, 4.69) is 4.90 Å². The number of hydrogen-bond acceptors (Lipinski definition) is 2. The van der Waals surface area contributed by atoms with Crippen molar-refractivity contribution >= 4 is 0 Å². The molecule has 1 heterocycles. The minimum Gasteiger partial charge on any atom is -0.330 e. The molecule has 1 aromatic carbocycles. The normalized spacial score (nSPS) is 18.7. The quantitative estimate of drug-likeness (QED) is 0.860. The summed E-state index contributed by atoms with van der Waals surface area (Å²) in [5.41, 5.74) is 6.35. The number of benzene rings is 1. The Morgan fingerprint density at radius 3 is 2.40 bits per heavy atom. The second kappa shape index (κ2) is 6.41. The van der Waals surface area contributed by atoms with Crippen LogP contribution in [0.5, 0.6) is 0 Å². The average Bonchev–Trinajstić information content (AvgIpc) is 2.45. The standard InChI is InChI=1S/C15H19F3N2/c16-15(17,18)13-7-10-20(11-8-13)14(6-9-19)12-4-2-1-3-5-12/h1-5,7,14H,6,8-11,19H2. The monoisotopic (exact) mass is 284 g/mol. The number of alkyl halides is 3.